The van der Waals surface area contributed by atoms with Crippen molar-refractivity contribution in [3.05, 3.63) is 0 Å². The molecule has 0 aromatic heterocycles. The normalized spacial score (nSPS) is 19.8. The standard InChI is InChI=1S/C13H26N2.C12H28N2.C11H26N2.C10H24N2.C9H22N2.C7H18N2.3C6H14N2.C6H16N2.C5H14N2.C4H12N2.C3H10N2/c14-12-5-1-10(2-6-12)9-11-3-7-13(15)8-4-11;13-11-9-7-5-3-1-2-4-6-8-10-12-14;12-10-8-6-4-2-1-3-5-7-9-11-13;11-9-7-5-3-1-2-4-6-8-10-12;10-8-6-4-2-1-3-5-7-9-11;8-6-4-2-1-3-5-7-9;7-5-1-2-6(8)4-3-5;7-5-2-1-3-6(8)4-5;7-5-3-1-2-4-6(5)8;7-5-3-1-2-4-6-8;6-4-2-1-3-5-7;5-3-1-2-4-6;4-2-1-3-5/h10-13H,1-9,14-15H2;1-14H2;1-13H2;1-12H2;1-11H2;1-9H2;3*5-6H,1-4,7-8H2;1-8H2;1-7H2;1-6H2;1-5H2. The minimum atomic E-state index is 0.281. The number of hydrogen-bond acceptors (Lipinski definition) is 26. The first-order chi connectivity index (χ1) is 60.3. The van der Waals surface area contributed by atoms with E-state index in [1.54, 1.807) is 0 Å². The highest BCUT2D eigenvalue weighted by Crippen LogP contribution is 2.35. The van der Waals surface area contributed by atoms with Crippen molar-refractivity contribution in [3.63, 3.8) is 0 Å². The molecule has 4 unspecified atom stereocenters. The summed E-state index contributed by atoms with van der Waals surface area (Å²) in [7, 11) is 0. The Bertz CT molecular complexity index is 1580. The molecule has 0 amide bonds. The highest BCUT2D eigenvalue weighted by atomic mass is 14.8. The second-order valence-electron chi connectivity index (χ2n) is 36.3. The summed E-state index contributed by atoms with van der Waals surface area (Å²) in [4.78, 5) is 0. The Labute approximate surface area is 772 Å². The molecule has 0 aliphatic heterocycles. The molecule has 5 rings (SSSR count). The van der Waals surface area contributed by atoms with Crippen LogP contribution in [0.2, 0.25) is 0 Å². The van der Waals surface area contributed by atoms with Gasteiger partial charge in [0.2, 0.25) is 0 Å². The van der Waals surface area contributed by atoms with Crippen molar-refractivity contribution < 1.29 is 0 Å². The monoisotopic (exact) mass is 1780 g/mol. The van der Waals surface area contributed by atoms with Gasteiger partial charge in [-0.1, -0.05) is 225 Å². The van der Waals surface area contributed by atoms with Crippen LogP contribution in [0.25, 0.3) is 0 Å². The van der Waals surface area contributed by atoms with Crippen molar-refractivity contribution in [2.45, 2.75) is 498 Å². The predicted octanol–water partition coefficient (Wildman–Crippen LogP) is 12.3. The maximum absolute atomic E-state index is 5.93. The highest BCUT2D eigenvalue weighted by Gasteiger charge is 2.25. The summed E-state index contributed by atoms with van der Waals surface area (Å²) in [5.41, 5.74) is 141. The van der Waals surface area contributed by atoms with Gasteiger partial charge in [0.05, 0.1) is 0 Å². The summed E-state index contributed by atoms with van der Waals surface area (Å²) < 4.78 is 0. The lowest BCUT2D eigenvalue weighted by atomic mass is 9.76. The van der Waals surface area contributed by atoms with Crippen molar-refractivity contribution in [2.75, 3.05) is 118 Å². The second-order valence-corrected chi connectivity index (χ2v) is 36.3. The zero-order valence-corrected chi connectivity index (χ0v) is 83.0. The Kier molecular flexibility index (Phi) is 146. The smallest absolute Gasteiger partial charge is 0.0192 e. The molecule has 760 valence electrons. The van der Waals surface area contributed by atoms with Crippen LogP contribution >= 0.6 is 0 Å². The first kappa shape index (κ1) is 138. The molecule has 4 atom stereocenters. The average Bonchev–Trinajstić information content (AvgIpc) is 0.890. The van der Waals surface area contributed by atoms with Crippen LogP contribution in [0.5, 0.6) is 0 Å². The van der Waals surface area contributed by atoms with E-state index in [2.05, 4.69) is 0 Å². The van der Waals surface area contributed by atoms with E-state index >= 15 is 0 Å². The van der Waals surface area contributed by atoms with E-state index in [1.807, 2.05) is 0 Å². The van der Waals surface area contributed by atoms with Gasteiger partial charge in [-0.15, -0.1) is 0 Å². The maximum Gasteiger partial charge on any atom is 0.0192 e. The summed E-state index contributed by atoms with van der Waals surface area (Å²) >= 11 is 0. The van der Waals surface area contributed by atoms with Gasteiger partial charge < -0.3 is 149 Å². The van der Waals surface area contributed by atoms with Gasteiger partial charge in [-0.3, -0.25) is 0 Å². The molecule has 26 nitrogen and oxygen atoms in total. The third-order valence-corrected chi connectivity index (χ3v) is 23.6. The van der Waals surface area contributed by atoms with Crippen molar-refractivity contribution >= 4 is 0 Å². The molecule has 0 saturated heterocycles. The van der Waals surface area contributed by atoms with Crippen LogP contribution in [-0.4, -0.2) is 166 Å². The first-order valence-corrected chi connectivity index (χ1v) is 53.0. The third kappa shape index (κ3) is 139. The molecule has 5 fully saturated rings. The topological polar surface area (TPSA) is 677 Å². The zero-order chi connectivity index (χ0) is 94.0. The Hall–Kier alpha value is -1.04. The number of nitrogens with two attached hydrogens (primary N) is 26. The molecule has 5 saturated carbocycles. The van der Waals surface area contributed by atoms with E-state index in [4.69, 9.17) is 149 Å². The van der Waals surface area contributed by atoms with Crippen molar-refractivity contribution in [2.24, 2.45) is 161 Å². The van der Waals surface area contributed by atoms with Crippen LogP contribution in [0.1, 0.15) is 449 Å². The molecule has 124 heavy (non-hydrogen) atoms. The van der Waals surface area contributed by atoms with Gasteiger partial charge in [-0.05, 0) is 354 Å². The predicted molar refractivity (Wildman–Crippen MR) is 557 cm³/mol. The minimum Gasteiger partial charge on any atom is -0.330 e. The number of unbranched alkanes of at least 4 members (excludes halogenated alkanes) is 40. The largest absolute Gasteiger partial charge is 0.330 e. The van der Waals surface area contributed by atoms with Crippen molar-refractivity contribution in [1.29, 1.82) is 0 Å². The van der Waals surface area contributed by atoms with Crippen molar-refractivity contribution in [3.8, 4) is 0 Å². The molecule has 0 bridgehead atoms. The van der Waals surface area contributed by atoms with Crippen LogP contribution in [0.3, 0.4) is 0 Å². The first-order valence-electron chi connectivity index (χ1n) is 53.0. The molecule has 5 aliphatic rings. The maximum atomic E-state index is 5.93. The Morgan fingerprint density at radius 1 is 0.121 bits per heavy atom. The summed E-state index contributed by atoms with van der Waals surface area (Å²) in [6.45, 7) is 14.8. The molecular weight excluding hydrogens is 1540 g/mol. The van der Waals surface area contributed by atoms with E-state index in [0.29, 0.717) is 36.3 Å². The Balaban J connectivity index is -0.000000198. The number of hydrogen-bond donors (Lipinski definition) is 26. The lowest BCUT2D eigenvalue weighted by Crippen LogP contribution is -2.43. The molecule has 0 aromatic rings. The highest BCUT2D eigenvalue weighted by molar-refractivity contribution is 4.82. The van der Waals surface area contributed by atoms with E-state index < -0.39 is 0 Å². The second kappa shape index (κ2) is 130. The van der Waals surface area contributed by atoms with Crippen LogP contribution in [0.4, 0.5) is 0 Å². The van der Waals surface area contributed by atoms with E-state index in [9.17, 15) is 0 Å². The minimum absolute atomic E-state index is 0.281. The summed E-state index contributed by atoms with van der Waals surface area (Å²) in [5, 5.41) is 0. The summed E-state index contributed by atoms with van der Waals surface area (Å²) in [6, 6.07) is 3.22. The Morgan fingerprint density at radius 3 is 0.371 bits per heavy atom. The molecule has 0 radical (unpaired) electrons. The quantitative estimate of drug-likeness (QED) is 0.0251. The SMILES string of the molecule is NC1CCC(CC2CCC(N)CC2)CC1.NC1CCC(N)CC1.NC1CCCC(N)C1.NC1CCCCC1N.NCCCCCCCCCCCCN.NCCCCCCCCCCCN.NCCCCCCCCCCN.NCCCCCCCCCN.NCCCCCCCN.NCCCCCCN.NCCCCCN.NCCCCN.NCCCN. The fourth-order valence-electron chi connectivity index (χ4n) is 15.0. The number of rotatable bonds is 60. The third-order valence-electron chi connectivity index (χ3n) is 23.6. The van der Waals surface area contributed by atoms with Gasteiger partial charge in [-0.25, -0.2) is 0 Å². The summed E-state index contributed by atoms with van der Waals surface area (Å²) in [6.07, 6.45) is 88.3. The zero-order valence-electron chi connectivity index (χ0n) is 83.0. The summed E-state index contributed by atoms with van der Waals surface area (Å²) in [5.74, 6) is 1.95. The van der Waals surface area contributed by atoms with E-state index in [0.717, 1.165) is 220 Å². The molecule has 52 N–H and O–H groups in total. The van der Waals surface area contributed by atoms with Crippen LogP contribution < -0.4 is 149 Å². The molecule has 5 aliphatic carbocycles. The van der Waals surface area contributed by atoms with Crippen molar-refractivity contribution in [1.82, 2.24) is 0 Å². The van der Waals surface area contributed by atoms with Gasteiger partial charge in [0, 0.05) is 48.3 Å². The van der Waals surface area contributed by atoms with Crippen LogP contribution in [0, 0.1) is 11.8 Å². The van der Waals surface area contributed by atoms with Gasteiger partial charge in [0.1, 0.15) is 0 Å². The average molecular weight is 1780 g/mol. The molecule has 0 spiro atoms. The fourth-order valence-corrected chi connectivity index (χ4v) is 15.0. The molecule has 0 heterocycles. The van der Waals surface area contributed by atoms with Crippen LogP contribution in [-0.2, 0) is 0 Å². The van der Waals surface area contributed by atoms with Gasteiger partial charge in [0.15, 0.2) is 0 Å². The van der Waals surface area contributed by atoms with Gasteiger partial charge in [-0.2, -0.15) is 0 Å². The van der Waals surface area contributed by atoms with E-state index in [1.165, 1.54) is 360 Å². The lowest BCUT2D eigenvalue weighted by Gasteiger charge is -2.32. The molecular formula is C98H238N26. The molecule has 0 aromatic carbocycles. The van der Waals surface area contributed by atoms with Gasteiger partial charge in [0.25, 0.3) is 0 Å². The fraction of sp³-hybridized carbons (Fsp3) is 1.00. The Morgan fingerprint density at radius 2 is 0.250 bits per heavy atom. The van der Waals surface area contributed by atoms with Gasteiger partial charge >= 0.3 is 0 Å². The van der Waals surface area contributed by atoms with E-state index in [-0.39, 0.29) is 12.1 Å². The lowest BCUT2D eigenvalue weighted by molar-refractivity contribution is 0.225. The van der Waals surface area contributed by atoms with Crippen LogP contribution in [0.15, 0.2) is 0 Å². The molecule has 26 heteroatoms.